The van der Waals surface area contributed by atoms with E-state index < -0.39 is 0 Å². The van der Waals surface area contributed by atoms with Crippen LogP contribution >= 0.6 is 27.7 Å². The molecule has 0 fully saturated rings. The molecule has 1 rings (SSSR count). The van der Waals surface area contributed by atoms with Gasteiger partial charge in [-0.25, -0.2) is 0 Å². The van der Waals surface area contributed by atoms with Crippen LogP contribution in [0.3, 0.4) is 0 Å². The van der Waals surface area contributed by atoms with Gasteiger partial charge in [0.2, 0.25) is 0 Å². The monoisotopic (exact) mass is 260 g/mol. The fourth-order valence-electron chi connectivity index (χ4n) is 1.000. The van der Waals surface area contributed by atoms with Crippen molar-refractivity contribution in [2.45, 2.75) is 24.8 Å². The minimum atomic E-state index is 0.213. The number of hydrogen-bond acceptors (Lipinski definition) is 2. The summed E-state index contributed by atoms with van der Waals surface area (Å²) in [5.41, 5.74) is 0. The maximum atomic E-state index is 5.70. The van der Waals surface area contributed by atoms with Gasteiger partial charge in [0.25, 0.3) is 0 Å². The van der Waals surface area contributed by atoms with Crippen LogP contribution in [0, 0.1) is 0 Å². The summed E-state index contributed by atoms with van der Waals surface area (Å²) in [5, 5.41) is 0. The highest BCUT2D eigenvalue weighted by atomic mass is 79.9. The van der Waals surface area contributed by atoms with Gasteiger partial charge in [-0.1, -0.05) is 6.07 Å². The van der Waals surface area contributed by atoms with Gasteiger partial charge in [-0.3, -0.25) is 0 Å². The van der Waals surface area contributed by atoms with Crippen LogP contribution in [0.5, 0.6) is 5.75 Å². The molecular weight excluding hydrogens is 248 g/mol. The Labute approximate surface area is 92.0 Å². The van der Waals surface area contributed by atoms with Crippen LogP contribution in [0.15, 0.2) is 27.6 Å². The zero-order chi connectivity index (χ0) is 9.84. The van der Waals surface area contributed by atoms with Crippen molar-refractivity contribution in [3.63, 3.8) is 0 Å². The van der Waals surface area contributed by atoms with Crippen LogP contribution in [0.2, 0.25) is 0 Å². The summed E-state index contributed by atoms with van der Waals surface area (Å²) in [6.45, 7) is 4.06. The number of rotatable bonds is 3. The van der Waals surface area contributed by atoms with Gasteiger partial charge in [-0.15, -0.1) is 11.8 Å². The molecule has 0 amide bonds. The number of thioether (sulfide) groups is 1. The van der Waals surface area contributed by atoms with E-state index in [9.17, 15) is 0 Å². The highest BCUT2D eigenvalue weighted by Crippen LogP contribution is 2.35. The zero-order valence-electron chi connectivity index (χ0n) is 8.00. The molecule has 13 heavy (non-hydrogen) atoms. The van der Waals surface area contributed by atoms with E-state index in [0.29, 0.717) is 0 Å². The molecule has 0 bridgehead atoms. The molecule has 1 aromatic rings. The summed E-state index contributed by atoms with van der Waals surface area (Å²) >= 11 is 5.17. The Morgan fingerprint density at radius 2 is 2.08 bits per heavy atom. The highest BCUT2D eigenvalue weighted by molar-refractivity contribution is 9.10. The molecule has 1 aromatic carbocycles. The first-order valence-electron chi connectivity index (χ1n) is 4.14. The molecule has 0 heterocycles. The molecule has 0 saturated heterocycles. The third kappa shape index (κ3) is 2.92. The van der Waals surface area contributed by atoms with Crippen LogP contribution in [-0.2, 0) is 0 Å². The molecule has 0 aliphatic carbocycles. The van der Waals surface area contributed by atoms with Gasteiger partial charge < -0.3 is 4.74 Å². The lowest BCUT2D eigenvalue weighted by molar-refractivity contribution is 0.235. The summed E-state index contributed by atoms with van der Waals surface area (Å²) in [6, 6.07) is 6.08. The minimum Gasteiger partial charge on any atom is -0.489 e. The summed E-state index contributed by atoms with van der Waals surface area (Å²) in [7, 11) is 0. The number of halogens is 1. The second-order valence-corrected chi connectivity index (χ2v) is 4.64. The normalized spacial score (nSPS) is 10.5. The molecule has 0 saturated carbocycles. The smallest absolute Gasteiger partial charge is 0.147 e. The lowest BCUT2D eigenvalue weighted by Gasteiger charge is -2.14. The zero-order valence-corrected chi connectivity index (χ0v) is 10.4. The van der Waals surface area contributed by atoms with Gasteiger partial charge >= 0.3 is 0 Å². The fourth-order valence-corrected chi connectivity index (χ4v) is 2.15. The molecule has 72 valence electrons. The first-order chi connectivity index (χ1) is 6.15. The maximum absolute atomic E-state index is 5.70. The molecule has 0 unspecified atom stereocenters. The maximum Gasteiger partial charge on any atom is 0.147 e. The van der Waals surface area contributed by atoms with Gasteiger partial charge in [-0.2, -0.15) is 0 Å². The Morgan fingerprint density at radius 3 is 2.62 bits per heavy atom. The lowest BCUT2D eigenvalue weighted by Crippen LogP contribution is -2.06. The average Bonchev–Trinajstić information content (AvgIpc) is 2.08. The fraction of sp³-hybridized carbons (Fsp3) is 0.400. The molecule has 0 aliphatic rings. The predicted octanol–water partition coefficient (Wildman–Crippen LogP) is 3.96. The van der Waals surface area contributed by atoms with Crippen LogP contribution < -0.4 is 4.74 Å². The lowest BCUT2D eigenvalue weighted by atomic mass is 10.3. The number of benzene rings is 1. The van der Waals surface area contributed by atoms with Gasteiger partial charge in [0.15, 0.2) is 0 Å². The molecule has 1 nitrogen and oxygen atoms in total. The van der Waals surface area contributed by atoms with Gasteiger partial charge in [0.1, 0.15) is 5.75 Å². The van der Waals surface area contributed by atoms with Crippen molar-refractivity contribution >= 4 is 27.7 Å². The second kappa shape index (κ2) is 4.91. The highest BCUT2D eigenvalue weighted by Gasteiger charge is 2.08. The molecule has 0 aliphatic heterocycles. The van der Waals surface area contributed by atoms with E-state index in [1.54, 1.807) is 11.8 Å². The SMILES string of the molecule is CSc1cccc(Br)c1OC(C)C. The Hall–Kier alpha value is -0.150. The molecule has 3 heteroatoms. The van der Waals surface area contributed by atoms with Crippen LogP contribution in [0.25, 0.3) is 0 Å². The number of hydrogen-bond donors (Lipinski definition) is 0. The Balaban J connectivity index is 3.00. The summed E-state index contributed by atoms with van der Waals surface area (Å²) in [5.74, 6) is 0.949. The summed E-state index contributed by atoms with van der Waals surface area (Å²) in [4.78, 5) is 1.17. The van der Waals surface area contributed by atoms with Gasteiger partial charge in [0.05, 0.1) is 15.5 Å². The molecule has 0 radical (unpaired) electrons. The molecule has 0 spiro atoms. The van der Waals surface area contributed by atoms with Crippen molar-refractivity contribution in [3.05, 3.63) is 22.7 Å². The Bertz CT molecular complexity index is 286. The van der Waals surface area contributed by atoms with E-state index in [4.69, 9.17) is 4.74 Å². The molecule has 0 aromatic heterocycles. The second-order valence-electron chi connectivity index (χ2n) is 2.94. The third-order valence-corrected chi connectivity index (χ3v) is 2.89. The van der Waals surface area contributed by atoms with Crippen molar-refractivity contribution in [3.8, 4) is 5.75 Å². The van der Waals surface area contributed by atoms with Crippen molar-refractivity contribution in [1.82, 2.24) is 0 Å². The minimum absolute atomic E-state index is 0.213. The van der Waals surface area contributed by atoms with E-state index >= 15 is 0 Å². The first-order valence-corrected chi connectivity index (χ1v) is 6.16. The van der Waals surface area contributed by atoms with Crippen molar-refractivity contribution < 1.29 is 4.74 Å². The van der Waals surface area contributed by atoms with Crippen molar-refractivity contribution in [2.75, 3.05) is 6.26 Å². The largest absolute Gasteiger partial charge is 0.489 e. The standard InChI is InChI=1S/C10H13BrOS/c1-7(2)12-10-8(11)5-4-6-9(10)13-3/h4-7H,1-3H3. The molecule has 0 N–H and O–H groups in total. The third-order valence-electron chi connectivity index (χ3n) is 1.50. The van der Waals surface area contributed by atoms with Crippen molar-refractivity contribution in [1.29, 1.82) is 0 Å². The van der Waals surface area contributed by atoms with E-state index in [-0.39, 0.29) is 6.10 Å². The van der Waals surface area contributed by atoms with Crippen LogP contribution in [0.4, 0.5) is 0 Å². The van der Waals surface area contributed by atoms with Crippen LogP contribution in [0.1, 0.15) is 13.8 Å². The van der Waals surface area contributed by atoms with E-state index in [1.165, 1.54) is 4.90 Å². The Morgan fingerprint density at radius 1 is 1.38 bits per heavy atom. The van der Waals surface area contributed by atoms with Gasteiger partial charge in [-0.05, 0) is 48.2 Å². The number of para-hydroxylation sites is 1. The van der Waals surface area contributed by atoms with E-state index in [2.05, 4.69) is 28.3 Å². The Kier molecular flexibility index (Phi) is 4.13. The predicted molar refractivity (Wildman–Crippen MR) is 61.7 cm³/mol. The first kappa shape index (κ1) is 10.9. The quantitative estimate of drug-likeness (QED) is 0.762. The number of ether oxygens (including phenoxy) is 1. The van der Waals surface area contributed by atoms with Crippen molar-refractivity contribution in [2.24, 2.45) is 0 Å². The van der Waals surface area contributed by atoms with E-state index in [0.717, 1.165) is 10.2 Å². The average molecular weight is 261 g/mol. The molecular formula is C10H13BrOS. The van der Waals surface area contributed by atoms with Crippen LogP contribution in [-0.4, -0.2) is 12.4 Å². The summed E-state index contributed by atoms with van der Waals surface area (Å²) < 4.78 is 6.72. The summed E-state index contributed by atoms with van der Waals surface area (Å²) in [6.07, 6.45) is 2.26. The molecule has 0 atom stereocenters. The van der Waals surface area contributed by atoms with E-state index in [1.807, 2.05) is 26.0 Å². The van der Waals surface area contributed by atoms with Gasteiger partial charge in [0, 0.05) is 0 Å². The topological polar surface area (TPSA) is 9.23 Å².